The van der Waals surface area contributed by atoms with E-state index in [-0.39, 0.29) is 21.4 Å². The van der Waals surface area contributed by atoms with Crippen LogP contribution in [-0.4, -0.2) is 42.2 Å². The third kappa shape index (κ3) is 14.3. The standard InChI is InChI=1S/C17H34O4Si/c1-4-16(18)21-14-12-10-8-6-5-7-9-11-13-15-22-17(19-2)20-3/h4,17H,1,5-15,22H2,2-3H3. The van der Waals surface area contributed by atoms with Crippen LogP contribution >= 0.6 is 0 Å². The van der Waals surface area contributed by atoms with E-state index in [1.165, 1.54) is 57.1 Å². The molecule has 5 heteroatoms. The number of unbranched alkanes of at least 4 members (excludes halogenated alkanes) is 8. The van der Waals surface area contributed by atoms with Crippen molar-refractivity contribution in [3.63, 3.8) is 0 Å². The largest absolute Gasteiger partial charge is 0.463 e. The van der Waals surface area contributed by atoms with Crippen LogP contribution in [0.1, 0.15) is 57.8 Å². The first-order valence-corrected chi connectivity index (χ1v) is 10.4. The molecule has 0 N–H and O–H groups in total. The van der Waals surface area contributed by atoms with E-state index in [0.29, 0.717) is 6.61 Å². The fraction of sp³-hybridized carbons (Fsp3) is 0.824. The Balaban J connectivity index is 3.11. The zero-order valence-electron chi connectivity index (χ0n) is 14.5. The van der Waals surface area contributed by atoms with Crippen LogP contribution in [0.4, 0.5) is 0 Å². The van der Waals surface area contributed by atoms with E-state index in [1.807, 2.05) is 0 Å². The molecule has 0 amide bonds. The van der Waals surface area contributed by atoms with Gasteiger partial charge in [0.2, 0.25) is 0 Å². The van der Waals surface area contributed by atoms with Gasteiger partial charge in [0.25, 0.3) is 0 Å². The van der Waals surface area contributed by atoms with E-state index in [4.69, 9.17) is 14.2 Å². The van der Waals surface area contributed by atoms with Crippen molar-refractivity contribution < 1.29 is 19.0 Å². The van der Waals surface area contributed by atoms with Gasteiger partial charge in [-0.3, -0.25) is 0 Å². The van der Waals surface area contributed by atoms with Crippen molar-refractivity contribution in [2.24, 2.45) is 0 Å². The minimum atomic E-state index is -0.314. The normalized spacial score (nSPS) is 11.4. The molecule has 22 heavy (non-hydrogen) atoms. The molecule has 0 unspecified atom stereocenters. The van der Waals surface area contributed by atoms with Crippen molar-refractivity contribution in [3.05, 3.63) is 12.7 Å². The highest BCUT2D eigenvalue weighted by molar-refractivity contribution is 6.36. The second-order valence-corrected chi connectivity index (χ2v) is 7.55. The molecule has 4 nitrogen and oxygen atoms in total. The van der Waals surface area contributed by atoms with Crippen LogP contribution in [0.5, 0.6) is 0 Å². The molecule has 0 radical (unpaired) electrons. The van der Waals surface area contributed by atoms with Crippen molar-refractivity contribution >= 4 is 15.5 Å². The van der Waals surface area contributed by atoms with Gasteiger partial charge in [0.1, 0.15) is 5.91 Å². The Morgan fingerprint density at radius 2 is 1.45 bits per heavy atom. The molecule has 130 valence electrons. The molecule has 0 aliphatic heterocycles. The number of carbonyl (C=O) groups excluding carboxylic acids is 1. The summed E-state index contributed by atoms with van der Waals surface area (Å²) < 4.78 is 15.4. The van der Waals surface area contributed by atoms with Gasteiger partial charge >= 0.3 is 5.97 Å². The first-order valence-electron chi connectivity index (χ1n) is 8.59. The van der Waals surface area contributed by atoms with E-state index in [2.05, 4.69) is 6.58 Å². The number of ether oxygens (including phenoxy) is 3. The summed E-state index contributed by atoms with van der Waals surface area (Å²) in [5.41, 5.74) is 0. The first kappa shape index (κ1) is 21.3. The highest BCUT2D eigenvalue weighted by atomic mass is 28.2. The quantitative estimate of drug-likeness (QED) is 0.143. The Morgan fingerprint density at radius 3 is 1.95 bits per heavy atom. The van der Waals surface area contributed by atoms with Crippen molar-refractivity contribution in [1.82, 2.24) is 0 Å². The monoisotopic (exact) mass is 330 g/mol. The summed E-state index contributed by atoms with van der Waals surface area (Å²) >= 11 is 0. The molecule has 0 aromatic heterocycles. The number of rotatable bonds is 16. The third-order valence-corrected chi connectivity index (χ3v) is 5.82. The SMILES string of the molecule is C=CC(=O)OCCCCCCCCCCC[SiH2]C(OC)OC. The number of carbonyl (C=O) groups is 1. The lowest BCUT2D eigenvalue weighted by Gasteiger charge is -2.12. The van der Waals surface area contributed by atoms with Crippen LogP contribution in [0, 0.1) is 0 Å². The van der Waals surface area contributed by atoms with Gasteiger partial charge in [-0.15, -0.1) is 0 Å². The smallest absolute Gasteiger partial charge is 0.330 e. The molecule has 0 aromatic carbocycles. The highest BCUT2D eigenvalue weighted by Crippen LogP contribution is 2.11. The molecule has 0 fully saturated rings. The maximum absolute atomic E-state index is 10.8. The van der Waals surface area contributed by atoms with Crippen molar-refractivity contribution in [1.29, 1.82) is 0 Å². The minimum Gasteiger partial charge on any atom is -0.463 e. The molecule has 0 aliphatic rings. The summed E-state index contributed by atoms with van der Waals surface area (Å²) in [6.45, 7) is 3.89. The summed E-state index contributed by atoms with van der Waals surface area (Å²) in [5, 5.41) is 0. The topological polar surface area (TPSA) is 44.8 Å². The number of esters is 1. The van der Waals surface area contributed by atoms with Crippen LogP contribution in [0.2, 0.25) is 6.04 Å². The second-order valence-electron chi connectivity index (χ2n) is 5.60. The lowest BCUT2D eigenvalue weighted by atomic mass is 10.1. The molecular weight excluding hydrogens is 296 g/mol. The molecule has 0 atom stereocenters. The van der Waals surface area contributed by atoms with Crippen LogP contribution in [0.25, 0.3) is 0 Å². The molecule has 0 heterocycles. The van der Waals surface area contributed by atoms with Crippen LogP contribution in [-0.2, 0) is 19.0 Å². The van der Waals surface area contributed by atoms with Gasteiger partial charge in [-0.25, -0.2) is 4.79 Å². The fourth-order valence-corrected chi connectivity index (χ4v) is 3.84. The maximum atomic E-state index is 10.8. The number of hydrogen-bond acceptors (Lipinski definition) is 4. The number of hydrogen-bond donors (Lipinski definition) is 0. The number of methoxy groups -OCH3 is 2. The summed E-state index contributed by atoms with van der Waals surface area (Å²) in [6.07, 6.45) is 12.5. The van der Waals surface area contributed by atoms with Crippen molar-refractivity contribution in [2.45, 2.75) is 69.7 Å². The summed E-state index contributed by atoms with van der Waals surface area (Å²) in [6, 6.07) is 1.32. The van der Waals surface area contributed by atoms with Gasteiger partial charge in [0.15, 0.2) is 0 Å². The van der Waals surface area contributed by atoms with E-state index >= 15 is 0 Å². The zero-order chi connectivity index (χ0) is 16.5. The van der Waals surface area contributed by atoms with Gasteiger partial charge in [-0.2, -0.15) is 0 Å². The molecule has 0 aliphatic carbocycles. The molecule has 0 aromatic rings. The van der Waals surface area contributed by atoms with Gasteiger partial charge < -0.3 is 14.2 Å². The summed E-state index contributed by atoms with van der Waals surface area (Å²) in [5.74, 6) is -0.212. The predicted molar refractivity (Wildman–Crippen MR) is 93.9 cm³/mol. The van der Waals surface area contributed by atoms with E-state index in [0.717, 1.165) is 12.8 Å². The first-order chi connectivity index (χ1) is 10.7. The lowest BCUT2D eigenvalue weighted by molar-refractivity contribution is -0.137. The Hall–Kier alpha value is -0.653. The Bertz CT molecular complexity index is 267. The van der Waals surface area contributed by atoms with Crippen LogP contribution in [0.15, 0.2) is 12.7 Å². The average molecular weight is 331 g/mol. The average Bonchev–Trinajstić information content (AvgIpc) is 2.55. The van der Waals surface area contributed by atoms with Crippen LogP contribution in [0.3, 0.4) is 0 Å². The van der Waals surface area contributed by atoms with Crippen molar-refractivity contribution in [2.75, 3.05) is 20.8 Å². The van der Waals surface area contributed by atoms with E-state index in [9.17, 15) is 4.79 Å². The zero-order valence-corrected chi connectivity index (χ0v) is 15.9. The molecule has 0 rings (SSSR count). The molecular formula is C17H34O4Si. The summed E-state index contributed by atoms with van der Waals surface area (Å²) in [4.78, 5) is 10.8. The molecule has 0 saturated heterocycles. The lowest BCUT2D eigenvalue weighted by Crippen LogP contribution is -2.20. The van der Waals surface area contributed by atoms with E-state index < -0.39 is 0 Å². The Kier molecular flexibility index (Phi) is 16.2. The maximum Gasteiger partial charge on any atom is 0.330 e. The Labute approximate surface area is 138 Å². The Morgan fingerprint density at radius 1 is 0.955 bits per heavy atom. The summed E-state index contributed by atoms with van der Waals surface area (Å²) in [7, 11) is 3.23. The van der Waals surface area contributed by atoms with Gasteiger partial charge in [-0.05, 0) is 6.42 Å². The van der Waals surface area contributed by atoms with Gasteiger partial charge in [-0.1, -0.05) is 64.0 Å². The van der Waals surface area contributed by atoms with Gasteiger partial charge in [0.05, 0.1) is 16.1 Å². The fourth-order valence-electron chi connectivity index (χ4n) is 2.39. The van der Waals surface area contributed by atoms with E-state index in [1.54, 1.807) is 14.2 Å². The predicted octanol–water partition coefficient (Wildman–Crippen LogP) is 3.39. The molecule has 0 bridgehead atoms. The van der Waals surface area contributed by atoms with Gasteiger partial charge in [0, 0.05) is 20.3 Å². The third-order valence-electron chi connectivity index (χ3n) is 3.77. The van der Waals surface area contributed by atoms with Crippen molar-refractivity contribution in [3.8, 4) is 0 Å². The minimum absolute atomic E-state index is 0.103. The van der Waals surface area contributed by atoms with Crippen LogP contribution < -0.4 is 0 Å². The highest BCUT2D eigenvalue weighted by Gasteiger charge is 2.04. The molecule has 0 spiro atoms. The second kappa shape index (κ2) is 16.7. The molecule has 0 saturated carbocycles.